The monoisotopic (exact) mass is 468 g/mol. The number of nitrogens with one attached hydrogen (secondary N) is 1. The van der Waals surface area contributed by atoms with Crippen molar-refractivity contribution < 1.29 is 9.53 Å². The number of nitrogen functional groups attached to an aromatic ring is 1. The van der Waals surface area contributed by atoms with Gasteiger partial charge in [0.25, 0.3) is 0 Å². The minimum absolute atomic E-state index is 0.408. The van der Waals surface area contributed by atoms with Crippen molar-refractivity contribution in [2.45, 2.75) is 4.90 Å². The van der Waals surface area contributed by atoms with Gasteiger partial charge in [0.15, 0.2) is 5.82 Å². The Hall–Kier alpha value is -2.95. The fourth-order valence-corrected chi connectivity index (χ4v) is 4.06. The van der Waals surface area contributed by atoms with E-state index in [1.54, 1.807) is 36.0 Å². The van der Waals surface area contributed by atoms with Gasteiger partial charge in [0.2, 0.25) is 0 Å². The summed E-state index contributed by atoms with van der Waals surface area (Å²) < 4.78 is 6.65. The molecule has 1 aromatic heterocycles. The number of thioether (sulfide) groups is 1. The largest absolute Gasteiger partial charge is 0.397 e. The van der Waals surface area contributed by atoms with E-state index in [1.165, 1.54) is 4.31 Å². The van der Waals surface area contributed by atoms with Crippen LogP contribution in [0.5, 0.6) is 0 Å². The SMILES string of the molecule is CSc1cnc(-c2ccc(NC(=O)N(S)c3ccccc3N)cc2)nc1N1CCOCC1. The number of ether oxygens (including phenoxy) is 1. The lowest BCUT2D eigenvalue weighted by molar-refractivity contribution is 0.122. The molecule has 0 unspecified atom stereocenters. The highest BCUT2D eigenvalue weighted by atomic mass is 32.2. The molecule has 1 aliphatic heterocycles. The molecule has 1 aliphatic rings. The number of aromatic nitrogens is 2. The van der Waals surface area contributed by atoms with Crippen molar-refractivity contribution in [1.29, 1.82) is 0 Å². The van der Waals surface area contributed by atoms with Crippen LogP contribution in [0.25, 0.3) is 11.4 Å². The van der Waals surface area contributed by atoms with Crippen molar-refractivity contribution in [3.63, 3.8) is 0 Å². The van der Waals surface area contributed by atoms with E-state index >= 15 is 0 Å². The fourth-order valence-electron chi connectivity index (χ4n) is 3.32. The molecule has 1 fully saturated rings. The minimum atomic E-state index is -0.408. The summed E-state index contributed by atoms with van der Waals surface area (Å²) in [5.74, 6) is 1.56. The van der Waals surface area contributed by atoms with Crippen LogP contribution in [-0.4, -0.2) is 48.6 Å². The lowest BCUT2D eigenvalue weighted by atomic mass is 10.2. The summed E-state index contributed by atoms with van der Waals surface area (Å²) in [6.07, 6.45) is 3.88. The van der Waals surface area contributed by atoms with Crippen molar-refractivity contribution in [2.24, 2.45) is 0 Å². The summed E-state index contributed by atoms with van der Waals surface area (Å²) >= 11 is 5.91. The van der Waals surface area contributed by atoms with Gasteiger partial charge in [-0.25, -0.2) is 19.1 Å². The van der Waals surface area contributed by atoms with E-state index in [4.69, 9.17) is 15.5 Å². The smallest absolute Gasteiger partial charge is 0.336 e. The second-order valence-electron chi connectivity index (χ2n) is 7.06. The first-order valence-electron chi connectivity index (χ1n) is 10.1. The molecule has 3 N–H and O–H groups in total. The molecule has 0 radical (unpaired) electrons. The van der Waals surface area contributed by atoms with Gasteiger partial charge in [0, 0.05) is 30.5 Å². The molecule has 2 amide bonds. The van der Waals surface area contributed by atoms with Gasteiger partial charge in [-0.15, -0.1) is 11.8 Å². The predicted molar refractivity (Wildman–Crippen MR) is 134 cm³/mol. The Bertz CT molecular complexity index is 1090. The van der Waals surface area contributed by atoms with Gasteiger partial charge in [-0.2, -0.15) is 0 Å². The second kappa shape index (κ2) is 10.1. The number of carbonyl (C=O) groups excluding carboxylic acids is 1. The number of anilines is 4. The fraction of sp³-hybridized carbons (Fsp3) is 0.227. The predicted octanol–water partition coefficient (Wildman–Crippen LogP) is 4.17. The maximum absolute atomic E-state index is 12.6. The average molecular weight is 469 g/mol. The Morgan fingerprint density at radius 2 is 1.91 bits per heavy atom. The molecule has 32 heavy (non-hydrogen) atoms. The van der Waals surface area contributed by atoms with Crippen molar-refractivity contribution in [3.8, 4) is 11.4 Å². The van der Waals surface area contributed by atoms with Crippen LogP contribution in [0.3, 0.4) is 0 Å². The Morgan fingerprint density at radius 3 is 2.59 bits per heavy atom. The van der Waals surface area contributed by atoms with Crippen LogP contribution in [0.4, 0.5) is 27.7 Å². The first kappa shape index (κ1) is 22.3. The zero-order valence-electron chi connectivity index (χ0n) is 17.6. The number of urea groups is 1. The van der Waals surface area contributed by atoms with Gasteiger partial charge >= 0.3 is 6.03 Å². The number of amides is 2. The molecule has 166 valence electrons. The highest BCUT2D eigenvalue weighted by molar-refractivity contribution is 7.98. The van der Waals surface area contributed by atoms with Crippen molar-refractivity contribution in [2.75, 3.05) is 52.8 Å². The van der Waals surface area contributed by atoms with Gasteiger partial charge in [-0.1, -0.05) is 24.9 Å². The van der Waals surface area contributed by atoms with Gasteiger partial charge < -0.3 is 20.7 Å². The van der Waals surface area contributed by atoms with Gasteiger partial charge in [-0.3, -0.25) is 0 Å². The third-order valence-corrected chi connectivity index (χ3v) is 6.14. The van der Waals surface area contributed by atoms with E-state index in [2.05, 4.69) is 28.0 Å². The highest BCUT2D eigenvalue weighted by Gasteiger charge is 2.18. The van der Waals surface area contributed by atoms with Crippen LogP contribution in [0, 0.1) is 0 Å². The molecular weight excluding hydrogens is 444 g/mol. The summed E-state index contributed by atoms with van der Waals surface area (Å²) in [4.78, 5) is 25.2. The molecule has 0 spiro atoms. The van der Waals surface area contributed by atoms with Gasteiger partial charge in [-0.05, 0) is 42.7 Å². The van der Waals surface area contributed by atoms with E-state index in [9.17, 15) is 4.79 Å². The first-order chi connectivity index (χ1) is 15.6. The van der Waals surface area contributed by atoms with Crippen LogP contribution in [-0.2, 0) is 4.74 Å². The number of para-hydroxylation sites is 2. The first-order valence-corrected chi connectivity index (χ1v) is 11.7. The molecule has 10 heteroatoms. The van der Waals surface area contributed by atoms with Crippen molar-refractivity contribution >= 4 is 53.5 Å². The maximum Gasteiger partial charge on any atom is 0.336 e. The number of thiol groups is 1. The van der Waals surface area contributed by atoms with E-state index in [0.29, 0.717) is 36.1 Å². The topological polar surface area (TPSA) is 96.6 Å². The Morgan fingerprint density at radius 1 is 1.19 bits per heavy atom. The molecule has 3 aromatic rings. The number of nitrogens with zero attached hydrogens (tertiary/aromatic N) is 4. The lowest BCUT2D eigenvalue weighted by Gasteiger charge is -2.29. The zero-order chi connectivity index (χ0) is 22.5. The molecule has 0 saturated carbocycles. The number of nitrogens with two attached hydrogens (primary N) is 1. The Kier molecular flexibility index (Phi) is 7.03. The zero-order valence-corrected chi connectivity index (χ0v) is 19.3. The highest BCUT2D eigenvalue weighted by Crippen LogP contribution is 2.30. The van der Waals surface area contributed by atoms with Crippen LogP contribution in [0.2, 0.25) is 0 Å². The molecule has 2 heterocycles. The molecule has 4 rings (SSSR count). The number of benzene rings is 2. The van der Waals surface area contributed by atoms with E-state index < -0.39 is 6.03 Å². The van der Waals surface area contributed by atoms with Crippen molar-refractivity contribution in [1.82, 2.24) is 9.97 Å². The number of hydrogen-bond acceptors (Lipinski definition) is 8. The number of hydrogen-bond donors (Lipinski definition) is 3. The molecule has 0 bridgehead atoms. The number of carbonyl (C=O) groups is 1. The van der Waals surface area contributed by atoms with Gasteiger partial charge in [0.1, 0.15) is 5.82 Å². The average Bonchev–Trinajstić information content (AvgIpc) is 2.84. The number of rotatable bonds is 5. The normalized spacial score (nSPS) is 13.6. The lowest BCUT2D eigenvalue weighted by Crippen LogP contribution is -2.37. The van der Waals surface area contributed by atoms with E-state index in [-0.39, 0.29) is 0 Å². The summed E-state index contributed by atoms with van der Waals surface area (Å²) in [6.45, 7) is 3.00. The van der Waals surface area contributed by atoms with Crippen LogP contribution < -0.4 is 20.3 Å². The second-order valence-corrected chi connectivity index (χ2v) is 8.31. The molecule has 1 saturated heterocycles. The van der Waals surface area contributed by atoms with E-state index in [1.807, 2.05) is 36.7 Å². The molecular formula is C22H24N6O2S2. The summed E-state index contributed by atoms with van der Waals surface area (Å²) in [7, 11) is 0. The Balaban J connectivity index is 1.50. The standard InChI is InChI=1S/C22H24N6O2S2/c1-32-19-14-24-20(26-21(19)27-10-12-30-13-11-27)15-6-8-16(9-7-15)25-22(29)28(31)18-5-3-2-4-17(18)23/h2-9,14,31H,10-13,23H2,1H3,(H,25,29). The molecule has 2 aromatic carbocycles. The quantitative estimate of drug-likeness (QED) is 0.294. The molecule has 0 aliphatic carbocycles. The molecule has 0 atom stereocenters. The van der Waals surface area contributed by atoms with Crippen molar-refractivity contribution in [3.05, 3.63) is 54.7 Å². The van der Waals surface area contributed by atoms with Crippen LogP contribution >= 0.6 is 24.6 Å². The summed E-state index contributed by atoms with van der Waals surface area (Å²) in [5.41, 5.74) is 8.40. The van der Waals surface area contributed by atoms with Gasteiger partial charge in [0.05, 0.1) is 29.5 Å². The van der Waals surface area contributed by atoms with Crippen LogP contribution in [0.1, 0.15) is 0 Å². The third-order valence-electron chi connectivity index (χ3n) is 5.02. The summed E-state index contributed by atoms with van der Waals surface area (Å²) in [6, 6.07) is 14.0. The summed E-state index contributed by atoms with van der Waals surface area (Å²) in [5, 5.41) is 2.82. The minimum Gasteiger partial charge on any atom is -0.397 e. The molecule has 8 nitrogen and oxygen atoms in total. The number of morpholine rings is 1. The third kappa shape index (κ3) is 4.93. The Labute approximate surface area is 196 Å². The van der Waals surface area contributed by atoms with E-state index in [0.717, 1.165) is 29.4 Å². The van der Waals surface area contributed by atoms with Crippen LogP contribution in [0.15, 0.2) is 59.6 Å². The maximum atomic E-state index is 12.6.